The highest BCUT2D eigenvalue weighted by Gasteiger charge is 2.27. The van der Waals surface area contributed by atoms with Gasteiger partial charge in [0.2, 0.25) is 0 Å². The maximum absolute atomic E-state index is 5.83. The Kier molecular flexibility index (Phi) is 5.30. The van der Waals surface area contributed by atoms with E-state index in [1.807, 2.05) is 0 Å². The minimum atomic E-state index is 0.822. The summed E-state index contributed by atoms with van der Waals surface area (Å²) in [6.45, 7) is 1.82. The van der Waals surface area contributed by atoms with E-state index in [-0.39, 0.29) is 0 Å². The topological polar surface area (TPSA) is 52.0 Å². The summed E-state index contributed by atoms with van der Waals surface area (Å²) in [6.07, 6.45) is 12.8. The van der Waals surface area contributed by atoms with Crippen LogP contribution in [0.25, 0.3) is 0 Å². The van der Waals surface area contributed by atoms with Gasteiger partial charge in [0.1, 0.15) is 0 Å². The van der Waals surface area contributed by atoms with Crippen LogP contribution >= 0.6 is 0 Å². The predicted molar refractivity (Wildman–Crippen MR) is 73.6 cm³/mol. The average molecular weight is 238 g/mol. The minimum absolute atomic E-state index is 0.822. The summed E-state index contributed by atoms with van der Waals surface area (Å²) in [7, 11) is 0. The van der Waals surface area contributed by atoms with Crippen LogP contribution in [0.5, 0.6) is 0 Å². The van der Waals surface area contributed by atoms with Crippen molar-refractivity contribution in [2.45, 2.75) is 57.8 Å². The summed E-state index contributed by atoms with van der Waals surface area (Å²) in [5.41, 5.74) is 11.7. The maximum atomic E-state index is 5.83. The zero-order valence-corrected chi connectivity index (χ0v) is 11.2. The third-order valence-corrected chi connectivity index (χ3v) is 5.12. The molecule has 0 amide bonds. The van der Waals surface area contributed by atoms with Crippen LogP contribution in [0.1, 0.15) is 57.8 Å². The Balaban J connectivity index is 1.75. The Morgan fingerprint density at radius 2 is 1.06 bits per heavy atom. The normalized spacial score (nSPS) is 39.2. The van der Waals surface area contributed by atoms with Crippen molar-refractivity contribution in [1.82, 2.24) is 0 Å². The third-order valence-electron chi connectivity index (χ3n) is 5.12. The van der Waals surface area contributed by atoms with Crippen LogP contribution < -0.4 is 11.5 Å². The Hall–Kier alpha value is -0.0800. The van der Waals surface area contributed by atoms with Gasteiger partial charge in [0.25, 0.3) is 0 Å². The Labute approximate surface area is 107 Å². The van der Waals surface area contributed by atoms with Crippen molar-refractivity contribution in [1.29, 1.82) is 0 Å². The lowest BCUT2D eigenvalue weighted by molar-refractivity contribution is 0.184. The third kappa shape index (κ3) is 3.96. The van der Waals surface area contributed by atoms with Gasteiger partial charge in [0.15, 0.2) is 0 Å². The number of rotatable bonds is 4. The summed E-state index contributed by atoms with van der Waals surface area (Å²) in [5, 5.41) is 0. The molecule has 2 fully saturated rings. The van der Waals surface area contributed by atoms with E-state index < -0.39 is 0 Å². The van der Waals surface area contributed by atoms with Crippen molar-refractivity contribution in [2.75, 3.05) is 13.1 Å². The summed E-state index contributed by atoms with van der Waals surface area (Å²) in [4.78, 5) is 0. The summed E-state index contributed by atoms with van der Waals surface area (Å²) in [5.74, 6) is 3.59. The van der Waals surface area contributed by atoms with Gasteiger partial charge in [-0.05, 0) is 68.9 Å². The molecular weight excluding hydrogens is 208 g/mol. The van der Waals surface area contributed by atoms with Crippen molar-refractivity contribution >= 4 is 0 Å². The van der Waals surface area contributed by atoms with E-state index in [2.05, 4.69) is 0 Å². The molecule has 2 aliphatic rings. The fourth-order valence-electron chi connectivity index (χ4n) is 4.13. The second kappa shape index (κ2) is 6.75. The van der Waals surface area contributed by atoms with E-state index in [0.717, 1.165) is 36.8 Å². The minimum Gasteiger partial charge on any atom is -0.330 e. The molecule has 0 spiro atoms. The second-order valence-electron chi connectivity index (χ2n) is 6.50. The average Bonchev–Trinajstić information content (AvgIpc) is 2.39. The quantitative estimate of drug-likeness (QED) is 0.791. The molecule has 0 bridgehead atoms. The van der Waals surface area contributed by atoms with Crippen molar-refractivity contribution in [3.63, 3.8) is 0 Å². The predicted octanol–water partition coefficient (Wildman–Crippen LogP) is 2.91. The molecule has 2 rings (SSSR count). The van der Waals surface area contributed by atoms with E-state index in [1.165, 1.54) is 57.8 Å². The molecule has 0 aromatic carbocycles. The van der Waals surface area contributed by atoms with E-state index in [1.54, 1.807) is 0 Å². The second-order valence-corrected chi connectivity index (χ2v) is 6.50. The van der Waals surface area contributed by atoms with Crippen LogP contribution in [-0.4, -0.2) is 13.1 Å². The van der Waals surface area contributed by atoms with Gasteiger partial charge in [-0.1, -0.05) is 25.7 Å². The molecule has 2 aliphatic carbocycles. The lowest BCUT2D eigenvalue weighted by Crippen LogP contribution is -2.27. The molecule has 0 radical (unpaired) electrons. The molecule has 0 aliphatic heterocycles. The molecule has 4 atom stereocenters. The van der Waals surface area contributed by atoms with Gasteiger partial charge in [-0.2, -0.15) is 0 Å². The van der Waals surface area contributed by atoms with E-state index in [0.29, 0.717) is 0 Å². The molecule has 2 saturated carbocycles. The van der Waals surface area contributed by atoms with Crippen molar-refractivity contribution in [2.24, 2.45) is 35.1 Å². The van der Waals surface area contributed by atoms with Crippen molar-refractivity contribution in [3.05, 3.63) is 0 Å². The highest BCUT2D eigenvalue weighted by Crippen LogP contribution is 2.38. The smallest absolute Gasteiger partial charge is 0.00488 e. The van der Waals surface area contributed by atoms with E-state index >= 15 is 0 Å². The molecule has 0 aromatic rings. The Morgan fingerprint density at radius 1 is 0.647 bits per heavy atom. The molecular formula is C15H30N2. The summed E-state index contributed by atoms with van der Waals surface area (Å²) < 4.78 is 0. The van der Waals surface area contributed by atoms with Crippen molar-refractivity contribution < 1.29 is 0 Å². The number of hydrogen-bond acceptors (Lipinski definition) is 2. The first kappa shape index (κ1) is 13.4. The van der Waals surface area contributed by atoms with Crippen LogP contribution in [-0.2, 0) is 0 Å². The maximum Gasteiger partial charge on any atom is -0.00488 e. The molecule has 0 heterocycles. The van der Waals surface area contributed by atoms with Crippen LogP contribution in [0, 0.1) is 23.7 Å². The summed E-state index contributed by atoms with van der Waals surface area (Å²) in [6, 6.07) is 0. The van der Waals surface area contributed by atoms with Gasteiger partial charge in [-0.25, -0.2) is 0 Å². The highest BCUT2D eigenvalue weighted by atomic mass is 14.6. The van der Waals surface area contributed by atoms with Crippen LogP contribution in [0.2, 0.25) is 0 Å². The largest absolute Gasteiger partial charge is 0.330 e. The first-order valence-corrected chi connectivity index (χ1v) is 7.72. The molecule has 100 valence electrons. The molecule has 0 saturated heterocycles. The lowest BCUT2D eigenvalue weighted by atomic mass is 9.72. The Morgan fingerprint density at radius 3 is 1.47 bits per heavy atom. The zero-order valence-electron chi connectivity index (χ0n) is 11.2. The van der Waals surface area contributed by atoms with Gasteiger partial charge in [0, 0.05) is 0 Å². The number of nitrogens with two attached hydrogens (primary N) is 2. The van der Waals surface area contributed by atoms with E-state index in [9.17, 15) is 0 Å². The molecule has 0 aromatic heterocycles. The van der Waals surface area contributed by atoms with Gasteiger partial charge >= 0.3 is 0 Å². The molecule has 2 nitrogen and oxygen atoms in total. The fraction of sp³-hybridized carbons (Fsp3) is 1.00. The molecule has 2 heteroatoms. The highest BCUT2D eigenvalue weighted by molar-refractivity contribution is 4.79. The van der Waals surface area contributed by atoms with Gasteiger partial charge < -0.3 is 11.5 Å². The van der Waals surface area contributed by atoms with Gasteiger partial charge in [0.05, 0.1) is 0 Å². The fourth-order valence-corrected chi connectivity index (χ4v) is 4.13. The molecule has 4 unspecified atom stereocenters. The Bertz CT molecular complexity index is 195. The van der Waals surface area contributed by atoms with E-state index in [4.69, 9.17) is 11.5 Å². The van der Waals surface area contributed by atoms with Crippen LogP contribution in [0.3, 0.4) is 0 Å². The van der Waals surface area contributed by atoms with Crippen LogP contribution in [0.15, 0.2) is 0 Å². The van der Waals surface area contributed by atoms with Crippen molar-refractivity contribution in [3.8, 4) is 0 Å². The molecule has 4 N–H and O–H groups in total. The SMILES string of the molecule is NCC1CCCC(CC2CCCC(CN)C2)C1. The van der Waals surface area contributed by atoms with Gasteiger partial charge in [-0.3, -0.25) is 0 Å². The molecule has 17 heavy (non-hydrogen) atoms. The zero-order chi connectivity index (χ0) is 12.1. The number of hydrogen-bond donors (Lipinski definition) is 2. The monoisotopic (exact) mass is 238 g/mol. The van der Waals surface area contributed by atoms with Gasteiger partial charge in [-0.15, -0.1) is 0 Å². The lowest BCUT2D eigenvalue weighted by Gasteiger charge is -2.34. The van der Waals surface area contributed by atoms with Crippen LogP contribution in [0.4, 0.5) is 0 Å². The first-order chi connectivity index (χ1) is 8.31. The summed E-state index contributed by atoms with van der Waals surface area (Å²) >= 11 is 0. The first-order valence-electron chi connectivity index (χ1n) is 7.72. The standard InChI is InChI=1S/C15H30N2/c16-10-14-5-1-3-12(8-14)7-13-4-2-6-15(9-13)11-17/h12-15H,1-11,16-17H2.